The van der Waals surface area contributed by atoms with E-state index in [1.165, 1.54) is 23.5 Å². The number of hydrogen-bond acceptors (Lipinski definition) is 2. The average molecular weight is 335 g/mol. The van der Waals surface area contributed by atoms with E-state index >= 15 is 0 Å². The number of hydrogen-bond donors (Lipinski definition) is 1. The molecule has 1 aromatic heterocycles. The molecule has 1 heterocycles. The second-order valence-electron chi connectivity index (χ2n) is 3.75. The molecule has 2 rings (SSSR count). The Labute approximate surface area is 117 Å². The van der Waals surface area contributed by atoms with Gasteiger partial charge in [-0.1, -0.05) is 17.7 Å². The predicted octanol–water partition coefficient (Wildman–Crippen LogP) is 4.66. The Kier molecular flexibility index (Phi) is 3.88. The van der Waals surface area contributed by atoms with Crippen LogP contribution in [0, 0.1) is 12.7 Å². The molecule has 0 aliphatic rings. The molecule has 0 amide bonds. The van der Waals surface area contributed by atoms with Gasteiger partial charge in [-0.3, -0.25) is 0 Å². The summed E-state index contributed by atoms with van der Waals surface area (Å²) in [6.45, 7) is 1.85. The maximum atomic E-state index is 13.0. The molecule has 1 nitrogen and oxygen atoms in total. The van der Waals surface area contributed by atoms with Crippen LogP contribution >= 0.6 is 38.9 Å². The zero-order valence-corrected chi connectivity index (χ0v) is 12.2. The highest BCUT2D eigenvalue weighted by Crippen LogP contribution is 2.37. The van der Waals surface area contributed by atoms with Crippen molar-refractivity contribution in [3.63, 3.8) is 0 Å². The van der Waals surface area contributed by atoms with Crippen LogP contribution in [0.5, 0.6) is 0 Å². The Bertz CT molecular complexity index is 536. The lowest BCUT2D eigenvalue weighted by Crippen LogP contribution is -2.11. The lowest BCUT2D eigenvalue weighted by Gasteiger charge is -2.12. The molecular weight excluding hydrogens is 325 g/mol. The Morgan fingerprint density at radius 2 is 2.12 bits per heavy atom. The average Bonchev–Trinajstić information content (AvgIpc) is 2.58. The first kappa shape index (κ1) is 13.0. The van der Waals surface area contributed by atoms with Crippen LogP contribution in [0.2, 0.25) is 4.34 Å². The smallest absolute Gasteiger partial charge is 0.123 e. The third-order valence-corrected chi connectivity index (χ3v) is 5.10. The minimum Gasteiger partial charge on any atom is -0.320 e. The van der Waals surface area contributed by atoms with Crippen LogP contribution in [-0.2, 0) is 0 Å². The first-order valence-electron chi connectivity index (χ1n) is 4.95. The number of thiophene rings is 1. The molecular formula is C12H10BrClFNS. The molecule has 1 atom stereocenters. The van der Waals surface area contributed by atoms with E-state index in [0.29, 0.717) is 4.34 Å². The van der Waals surface area contributed by atoms with E-state index < -0.39 is 0 Å². The minimum absolute atomic E-state index is 0.246. The lowest BCUT2D eigenvalue weighted by atomic mass is 10.0. The molecule has 2 aromatic rings. The van der Waals surface area contributed by atoms with Crippen molar-refractivity contribution in [3.8, 4) is 0 Å². The van der Waals surface area contributed by atoms with Crippen molar-refractivity contribution < 1.29 is 4.39 Å². The monoisotopic (exact) mass is 333 g/mol. The number of aryl methyl sites for hydroxylation is 1. The van der Waals surface area contributed by atoms with E-state index in [2.05, 4.69) is 15.9 Å². The normalized spacial score (nSPS) is 12.8. The van der Waals surface area contributed by atoms with Crippen molar-refractivity contribution in [3.05, 3.63) is 54.9 Å². The molecule has 0 saturated heterocycles. The lowest BCUT2D eigenvalue weighted by molar-refractivity contribution is 0.625. The first-order chi connectivity index (χ1) is 7.99. The largest absolute Gasteiger partial charge is 0.320 e. The van der Waals surface area contributed by atoms with E-state index in [1.807, 2.05) is 13.0 Å². The van der Waals surface area contributed by atoms with Crippen molar-refractivity contribution in [2.45, 2.75) is 13.0 Å². The molecule has 5 heteroatoms. The van der Waals surface area contributed by atoms with Crippen LogP contribution in [0.25, 0.3) is 0 Å². The molecule has 2 N–H and O–H groups in total. The molecule has 0 fully saturated rings. The Hall–Kier alpha value is -0.420. The van der Waals surface area contributed by atoms with Crippen molar-refractivity contribution in [2.75, 3.05) is 0 Å². The number of nitrogens with two attached hydrogens (primary N) is 1. The van der Waals surface area contributed by atoms with Crippen molar-refractivity contribution >= 4 is 38.9 Å². The molecule has 0 bridgehead atoms. The summed E-state index contributed by atoms with van der Waals surface area (Å²) in [7, 11) is 0. The number of benzene rings is 1. The van der Waals surface area contributed by atoms with Gasteiger partial charge in [0.05, 0.1) is 6.04 Å². The van der Waals surface area contributed by atoms with Gasteiger partial charge < -0.3 is 5.73 Å². The van der Waals surface area contributed by atoms with Crippen LogP contribution in [0.3, 0.4) is 0 Å². The fourth-order valence-electron chi connectivity index (χ4n) is 1.66. The Morgan fingerprint density at radius 1 is 1.41 bits per heavy atom. The highest BCUT2D eigenvalue weighted by molar-refractivity contribution is 9.10. The van der Waals surface area contributed by atoms with E-state index in [1.54, 1.807) is 6.07 Å². The summed E-state index contributed by atoms with van der Waals surface area (Å²) in [6, 6.07) is 6.26. The van der Waals surface area contributed by atoms with E-state index in [4.69, 9.17) is 17.3 Å². The van der Waals surface area contributed by atoms with Crippen LogP contribution in [0.4, 0.5) is 4.39 Å². The van der Waals surface area contributed by atoms with Crippen LogP contribution in [0.1, 0.15) is 22.0 Å². The van der Waals surface area contributed by atoms with Crippen molar-refractivity contribution in [1.29, 1.82) is 0 Å². The summed E-state index contributed by atoms with van der Waals surface area (Å²) in [4.78, 5) is 0.955. The zero-order valence-electron chi connectivity index (χ0n) is 9.01. The van der Waals surface area contributed by atoms with Gasteiger partial charge in [-0.05, 0) is 52.2 Å². The molecule has 0 radical (unpaired) electrons. The fraction of sp³-hybridized carbons (Fsp3) is 0.167. The summed E-state index contributed by atoms with van der Waals surface area (Å²) in [5, 5.41) is 0. The third-order valence-electron chi connectivity index (χ3n) is 2.54. The highest BCUT2D eigenvalue weighted by atomic mass is 79.9. The molecule has 0 saturated carbocycles. The molecule has 17 heavy (non-hydrogen) atoms. The SMILES string of the molecule is Cc1cc(F)ccc1C(N)c1cc(Br)c(Cl)s1. The molecule has 1 unspecified atom stereocenters. The maximum absolute atomic E-state index is 13.0. The Morgan fingerprint density at radius 3 is 2.65 bits per heavy atom. The molecule has 1 aromatic carbocycles. The van der Waals surface area contributed by atoms with E-state index in [-0.39, 0.29) is 11.9 Å². The summed E-state index contributed by atoms with van der Waals surface area (Å²) in [5.41, 5.74) is 7.92. The van der Waals surface area contributed by atoms with Gasteiger partial charge in [0.15, 0.2) is 0 Å². The second kappa shape index (κ2) is 5.06. The van der Waals surface area contributed by atoms with Gasteiger partial charge in [-0.2, -0.15) is 0 Å². The summed E-state index contributed by atoms with van der Waals surface area (Å²) >= 11 is 10.8. The molecule has 0 spiro atoms. The van der Waals surface area contributed by atoms with Gasteiger partial charge in [0.2, 0.25) is 0 Å². The minimum atomic E-state index is -0.274. The summed E-state index contributed by atoms with van der Waals surface area (Å²) < 4.78 is 14.5. The molecule has 0 aliphatic heterocycles. The van der Waals surface area contributed by atoms with E-state index in [9.17, 15) is 4.39 Å². The van der Waals surface area contributed by atoms with E-state index in [0.717, 1.165) is 20.5 Å². The summed E-state index contributed by atoms with van der Waals surface area (Å²) in [6.07, 6.45) is 0. The van der Waals surface area contributed by atoms with Crippen molar-refractivity contribution in [2.24, 2.45) is 5.73 Å². The van der Waals surface area contributed by atoms with Gasteiger partial charge in [-0.15, -0.1) is 11.3 Å². The Balaban J connectivity index is 2.39. The highest BCUT2D eigenvalue weighted by Gasteiger charge is 2.16. The predicted molar refractivity (Wildman–Crippen MR) is 74.2 cm³/mol. The standard InChI is InChI=1S/C12H10BrClFNS/c1-6-4-7(15)2-3-8(6)11(16)10-5-9(13)12(14)17-10/h2-5,11H,16H2,1H3. The summed E-state index contributed by atoms with van der Waals surface area (Å²) in [5.74, 6) is -0.246. The molecule has 90 valence electrons. The maximum Gasteiger partial charge on any atom is 0.123 e. The van der Waals surface area contributed by atoms with Gasteiger partial charge in [0.25, 0.3) is 0 Å². The van der Waals surface area contributed by atoms with Gasteiger partial charge in [0.1, 0.15) is 10.2 Å². The second-order valence-corrected chi connectivity index (χ2v) is 6.29. The number of halogens is 3. The first-order valence-corrected chi connectivity index (χ1v) is 6.94. The van der Waals surface area contributed by atoms with Gasteiger partial charge in [0, 0.05) is 9.35 Å². The van der Waals surface area contributed by atoms with Gasteiger partial charge in [-0.25, -0.2) is 4.39 Å². The van der Waals surface area contributed by atoms with Gasteiger partial charge >= 0.3 is 0 Å². The van der Waals surface area contributed by atoms with Crippen LogP contribution in [0.15, 0.2) is 28.7 Å². The number of rotatable bonds is 2. The fourth-order valence-corrected chi connectivity index (χ4v) is 3.41. The molecule has 0 aliphatic carbocycles. The topological polar surface area (TPSA) is 26.0 Å². The van der Waals surface area contributed by atoms with Crippen LogP contribution in [-0.4, -0.2) is 0 Å². The quantitative estimate of drug-likeness (QED) is 0.849. The van der Waals surface area contributed by atoms with Crippen LogP contribution < -0.4 is 5.73 Å². The third kappa shape index (κ3) is 2.71. The zero-order chi connectivity index (χ0) is 12.6. The van der Waals surface area contributed by atoms with Crippen molar-refractivity contribution in [1.82, 2.24) is 0 Å².